The van der Waals surface area contributed by atoms with Crippen molar-refractivity contribution in [1.82, 2.24) is 30.3 Å². The van der Waals surface area contributed by atoms with Crippen LogP contribution in [0.2, 0.25) is 5.02 Å². The highest BCUT2D eigenvalue weighted by Gasteiger charge is 2.34. The molecule has 2 aromatic carbocycles. The standard InChI is InChI=1S/C23H21ClN6O2S/c1-14-6-8-15(9-7-14)21-25-23(29-27-21)33-13-20(31)30(16-10-11-16)12-19-26-28-22(32-19)17-4-2-3-5-18(17)24/h2-9,16H,10-13H2,1H3,(H,25,27,29). The van der Waals surface area contributed by atoms with Crippen molar-refractivity contribution < 1.29 is 9.21 Å². The highest BCUT2D eigenvalue weighted by molar-refractivity contribution is 7.99. The number of H-pyrrole nitrogens is 1. The minimum Gasteiger partial charge on any atom is -0.419 e. The van der Waals surface area contributed by atoms with Crippen molar-refractivity contribution in [3.63, 3.8) is 0 Å². The normalized spacial score (nSPS) is 13.3. The quantitative estimate of drug-likeness (QED) is 0.362. The number of halogens is 1. The van der Waals surface area contributed by atoms with Crippen molar-refractivity contribution >= 4 is 29.3 Å². The number of carbonyl (C=O) groups is 1. The molecule has 0 spiro atoms. The average molecular weight is 481 g/mol. The van der Waals surface area contributed by atoms with Crippen LogP contribution in [0.3, 0.4) is 0 Å². The highest BCUT2D eigenvalue weighted by atomic mass is 35.5. The molecule has 10 heteroatoms. The smallest absolute Gasteiger partial charge is 0.249 e. The Morgan fingerprint density at radius 2 is 1.97 bits per heavy atom. The number of nitrogens with zero attached hydrogens (tertiary/aromatic N) is 5. The molecule has 0 aliphatic heterocycles. The molecule has 0 bridgehead atoms. The van der Waals surface area contributed by atoms with E-state index in [1.807, 2.05) is 49.4 Å². The Kier molecular flexibility index (Phi) is 6.15. The third-order valence-corrected chi connectivity index (χ3v) is 6.46. The third kappa shape index (κ3) is 5.09. The molecule has 1 N–H and O–H groups in total. The molecule has 168 valence electrons. The Hall–Kier alpha value is -3.17. The molecule has 0 unspecified atom stereocenters. The van der Waals surface area contributed by atoms with E-state index in [0.29, 0.717) is 33.3 Å². The summed E-state index contributed by atoms with van der Waals surface area (Å²) < 4.78 is 5.80. The molecule has 33 heavy (non-hydrogen) atoms. The van der Waals surface area contributed by atoms with E-state index in [4.69, 9.17) is 16.0 Å². The average Bonchev–Trinajstić information content (AvgIpc) is 3.36. The van der Waals surface area contributed by atoms with Crippen LogP contribution in [0.4, 0.5) is 0 Å². The Bertz CT molecular complexity index is 1270. The van der Waals surface area contributed by atoms with Gasteiger partial charge < -0.3 is 9.32 Å². The van der Waals surface area contributed by atoms with Crippen LogP contribution in [0, 0.1) is 6.92 Å². The van der Waals surface area contributed by atoms with Crippen LogP contribution in [0.1, 0.15) is 24.3 Å². The van der Waals surface area contributed by atoms with Gasteiger partial charge in [0.2, 0.25) is 22.8 Å². The van der Waals surface area contributed by atoms with E-state index in [9.17, 15) is 4.79 Å². The molecule has 8 nitrogen and oxygen atoms in total. The van der Waals surface area contributed by atoms with Crippen LogP contribution in [0.15, 0.2) is 58.1 Å². The second-order valence-corrected chi connectivity index (χ2v) is 9.20. The topological polar surface area (TPSA) is 101 Å². The predicted molar refractivity (Wildman–Crippen MR) is 126 cm³/mol. The molecule has 1 fully saturated rings. The third-order valence-electron chi connectivity index (χ3n) is 5.30. The summed E-state index contributed by atoms with van der Waals surface area (Å²) >= 11 is 7.53. The van der Waals surface area contributed by atoms with Gasteiger partial charge in [-0.2, -0.15) is 0 Å². The maximum Gasteiger partial charge on any atom is 0.249 e. The lowest BCUT2D eigenvalue weighted by Gasteiger charge is -2.19. The lowest BCUT2D eigenvalue weighted by atomic mass is 10.1. The molecule has 1 aliphatic carbocycles. The van der Waals surface area contributed by atoms with Crippen molar-refractivity contribution in [3.05, 3.63) is 65.0 Å². The largest absolute Gasteiger partial charge is 0.419 e. The maximum atomic E-state index is 13.0. The molecule has 1 saturated carbocycles. The van der Waals surface area contributed by atoms with E-state index < -0.39 is 0 Å². The number of carbonyl (C=O) groups excluding carboxylic acids is 1. The van der Waals surface area contributed by atoms with Crippen molar-refractivity contribution in [3.8, 4) is 22.8 Å². The number of rotatable bonds is 8. The number of hydrogen-bond donors (Lipinski definition) is 1. The summed E-state index contributed by atoms with van der Waals surface area (Å²) in [4.78, 5) is 19.3. The Morgan fingerprint density at radius 1 is 1.18 bits per heavy atom. The van der Waals surface area contributed by atoms with E-state index in [-0.39, 0.29) is 24.2 Å². The Labute approximate surface area is 199 Å². The van der Waals surface area contributed by atoms with Gasteiger partial charge in [-0.05, 0) is 31.9 Å². The Morgan fingerprint density at radius 3 is 2.73 bits per heavy atom. The number of amides is 1. The molecule has 2 aromatic heterocycles. The van der Waals surface area contributed by atoms with Crippen LogP contribution < -0.4 is 0 Å². The predicted octanol–water partition coefficient (Wildman–Crippen LogP) is 4.77. The van der Waals surface area contributed by atoms with Gasteiger partial charge in [-0.15, -0.1) is 15.3 Å². The van der Waals surface area contributed by atoms with Gasteiger partial charge in [0.05, 0.1) is 22.9 Å². The first-order valence-electron chi connectivity index (χ1n) is 10.6. The van der Waals surface area contributed by atoms with Crippen molar-refractivity contribution in [2.24, 2.45) is 0 Å². The van der Waals surface area contributed by atoms with Gasteiger partial charge in [-0.25, -0.2) is 4.98 Å². The summed E-state index contributed by atoms with van der Waals surface area (Å²) in [6.07, 6.45) is 1.94. The number of nitrogens with one attached hydrogen (secondary N) is 1. The van der Waals surface area contributed by atoms with E-state index in [1.165, 1.54) is 17.3 Å². The summed E-state index contributed by atoms with van der Waals surface area (Å²) in [5.74, 6) is 1.63. The fourth-order valence-corrected chi connectivity index (χ4v) is 4.28. The summed E-state index contributed by atoms with van der Waals surface area (Å²) in [6.45, 7) is 2.30. The second-order valence-electron chi connectivity index (χ2n) is 7.85. The zero-order valence-electron chi connectivity index (χ0n) is 17.9. The lowest BCUT2D eigenvalue weighted by Crippen LogP contribution is -2.34. The van der Waals surface area contributed by atoms with Crippen LogP contribution in [-0.2, 0) is 11.3 Å². The molecule has 0 atom stereocenters. The van der Waals surface area contributed by atoms with E-state index in [1.54, 1.807) is 11.0 Å². The van der Waals surface area contributed by atoms with Crippen LogP contribution >= 0.6 is 23.4 Å². The molecular formula is C23H21ClN6O2S. The number of aromatic amines is 1. The van der Waals surface area contributed by atoms with Crippen molar-refractivity contribution in [2.45, 2.75) is 37.5 Å². The van der Waals surface area contributed by atoms with Gasteiger partial charge in [0.25, 0.3) is 0 Å². The molecule has 2 heterocycles. The van der Waals surface area contributed by atoms with Crippen LogP contribution in [0.25, 0.3) is 22.8 Å². The minimum atomic E-state index is -0.0123. The van der Waals surface area contributed by atoms with Gasteiger partial charge in [0, 0.05) is 11.6 Å². The number of aryl methyl sites for hydroxylation is 1. The summed E-state index contributed by atoms with van der Waals surface area (Å²) in [5, 5.41) is 16.5. The van der Waals surface area contributed by atoms with Crippen LogP contribution in [0.5, 0.6) is 0 Å². The van der Waals surface area contributed by atoms with E-state index in [2.05, 4.69) is 25.4 Å². The first-order chi connectivity index (χ1) is 16.1. The number of aromatic nitrogens is 5. The lowest BCUT2D eigenvalue weighted by molar-refractivity contribution is -0.129. The fraction of sp³-hybridized carbons (Fsp3) is 0.261. The van der Waals surface area contributed by atoms with E-state index in [0.717, 1.165) is 18.4 Å². The fourth-order valence-electron chi connectivity index (χ4n) is 3.37. The number of benzene rings is 2. The molecule has 0 saturated heterocycles. The van der Waals surface area contributed by atoms with Gasteiger partial charge in [-0.3, -0.25) is 9.89 Å². The first kappa shape index (κ1) is 21.7. The number of hydrogen-bond acceptors (Lipinski definition) is 7. The van der Waals surface area contributed by atoms with Crippen molar-refractivity contribution in [2.75, 3.05) is 5.75 Å². The van der Waals surface area contributed by atoms with Gasteiger partial charge in [-0.1, -0.05) is 65.3 Å². The summed E-state index contributed by atoms with van der Waals surface area (Å²) in [5.41, 5.74) is 2.81. The highest BCUT2D eigenvalue weighted by Crippen LogP contribution is 2.31. The van der Waals surface area contributed by atoms with Crippen molar-refractivity contribution in [1.29, 1.82) is 0 Å². The zero-order chi connectivity index (χ0) is 22.8. The molecule has 5 rings (SSSR count). The number of thioether (sulfide) groups is 1. The minimum absolute atomic E-state index is 0.0123. The van der Waals surface area contributed by atoms with E-state index >= 15 is 0 Å². The molecule has 1 aliphatic rings. The maximum absolute atomic E-state index is 13.0. The molecule has 0 radical (unpaired) electrons. The monoisotopic (exact) mass is 480 g/mol. The SMILES string of the molecule is Cc1ccc(-c2nc(SCC(=O)N(Cc3nnc(-c4ccccc4Cl)o3)C3CC3)n[nH]2)cc1. The van der Waals surface area contributed by atoms with Gasteiger partial charge in [0.1, 0.15) is 0 Å². The molecule has 1 amide bonds. The summed E-state index contributed by atoms with van der Waals surface area (Å²) in [7, 11) is 0. The summed E-state index contributed by atoms with van der Waals surface area (Å²) in [6, 6.07) is 15.5. The second kappa shape index (κ2) is 9.36. The zero-order valence-corrected chi connectivity index (χ0v) is 19.4. The van der Waals surface area contributed by atoms with Gasteiger partial charge >= 0.3 is 0 Å². The Balaban J connectivity index is 1.22. The molecule has 4 aromatic rings. The van der Waals surface area contributed by atoms with Gasteiger partial charge in [0.15, 0.2) is 5.82 Å². The first-order valence-corrected chi connectivity index (χ1v) is 11.9. The molecular weight excluding hydrogens is 460 g/mol. The van der Waals surface area contributed by atoms with Crippen LogP contribution in [-0.4, -0.2) is 48.0 Å².